The van der Waals surface area contributed by atoms with Gasteiger partial charge in [-0.2, -0.15) is 18.7 Å². The zero-order valence-corrected chi connectivity index (χ0v) is 18.6. The Kier molecular flexibility index (Phi) is 7.43. The molecule has 0 spiro atoms. The molecule has 2 aliphatic rings. The first kappa shape index (κ1) is 23.4. The fourth-order valence-corrected chi connectivity index (χ4v) is 5.21. The molecule has 3 N–H and O–H groups in total. The standard InChI is InChI=1S/C21H25F3N6O2S/c22-13-4-7-30(12-13)19-17(11-25)18(26-15-2-1-3-16(10-15)32-20(23)24)28-21(29-19)27-14-5-8-33(31)9-6-14/h1-3,10-11,13-14,20,25H,4-9,12H2,(H2,26,27,28,29). The average Bonchev–Trinajstić information content (AvgIpc) is 3.21. The highest BCUT2D eigenvalue weighted by molar-refractivity contribution is 7.91. The summed E-state index contributed by atoms with van der Waals surface area (Å²) in [7, 11) is 0. The van der Waals surface area contributed by atoms with Crippen LogP contribution < -0.4 is 20.3 Å². The first-order valence-electron chi connectivity index (χ1n) is 10.7. The number of halogens is 3. The number of nitrogens with zero attached hydrogens (tertiary/aromatic N) is 3. The van der Waals surface area contributed by atoms with Gasteiger partial charge in [0.25, 0.3) is 0 Å². The third-order valence-corrected chi connectivity index (χ3v) is 6.93. The molecule has 0 amide bonds. The van der Waals surface area contributed by atoms with Gasteiger partial charge in [-0.15, -0.1) is 0 Å². The second kappa shape index (κ2) is 10.5. The van der Waals surface area contributed by atoms with Gasteiger partial charge in [-0.1, -0.05) is 17.2 Å². The van der Waals surface area contributed by atoms with Crippen LogP contribution in [0.4, 0.5) is 36.4 Å². The number of rotatable bonds is 8. The molecule has 12 heteroatoms. The van der Waals surface area contributed by atoms with Gasteiger partial charge in [-0.05, 0) is 18.6 Å². The summed E-state index contributed by atoms with van der Waals surface area (Å²) >= 11 is -0.810. The maximum atomic E-state index is 13.9. The van der Waals surface area contributed by atoms with E-state index >= 15 is 0 Å². The number of ether oxygens (including phenoxy) is 1. The summed E-state index contributed by atoms with van der Waals surface area (Å²) in [5, 5.41) is 14.3. The van der Waals surface area contributed by atoms with Gasteiger partial charge in [0.15, 0.2) is 0 Å². The molecule has 4 rings (SSSR count). The molecule has 1 unspecified atom stereocenters. The van der Waals surface area contributed by atoms with Crippen LogP contribution in [0, 0.1) is 5.41 Å². The molecular weight excluding hydrogens is 457 g/mol. The Bertz CT molecular complexity index is 977. The van der Waals surface area contributed by atoms with Crippen molar-refractivity contribution in [3.05, 3.63) is 29.8 Å². The molecule has 0 bridgehead atoms. The SMILES string of the molecule is N=Cc1c(Nc2cccc(OC(F)F)c2)nc(NC2CC[S+]([O-])CC2)nc1N1CCC(F)C1. The van der Waals surface area contributed by atoms with Gasteiger partial charge in [0.2, 0.25) is 5.95 Å². The van der Waals surface area contributed by atoms with Gasteiger partial charge < -0.3 is 30.2 Å². The molecule has 0 saturated carbocycles. The van der Waals surface area contributed by atoms with Crippen molar-refractivity contribution >= 4 is 40.7 Å². The number of benzene rings is 1. The van der Waals surface area contributed by atoms with Gasteiger partial charge in [-0.3, -0.25) is 0 Å². The molecule has 2 saturated heterocycles. The second-order valence-electron chi connectivity index (χ2n) is 7.91. The number of aromatic nitrogens is 2. The number of anilines is 4. The lowest BCUT2D eigenvalue weighted by molar-refractivity contribution is -0.0498. The molecule has 178 valence electrons. The number of alkyl halides is 3. The molecule has 3 heterocycles. The van der Waals surface area contributed by atoms with E-state index in [1.165, 1.54) is 12.1 Å². The van der Waals surface area contributed by atoms with E-state index in [9.17, 15) is 17.7 Å². The van der Waals surface area contributed by atoms with Gasteiger partial charge in [0, 0.05) is 43.4 Å². The minimum absolute atomic E-state index is 0.0194. The minimum Gasteiger partial charge on any atom is -0.616 e. The molecular formula is C21H25F3N6O2S. The average molecular weight is 483 g/mol. The minimum atomic E-state index is -2.95. The largest absolute Gasteiger partial charge is 0.616 e. The Morgan fingerprint density at radius 2 is 2.03 bits per heavy atom. The van der Waals surface area contributed by atoms with Crippen molar-refractivity contribution in [1.29, 1.82) is 5.41 Å². The fraction of sp³-hybridized carbons (Fsp3) is 0.476. The van der Waals surface area contributed by atoms with E-state index in [1.54, 1.807) is 17.0 Å². The van der Waals surface area contributed by atoms with E-state index in [1.807, 2.05) is 0 Å². The molecule has 2 fully saturated rings. The third kappa shape index (κ3) is 5.99. The van der Waals surface area contributed by atoms with E-state index in [-0.39, 0.29) is 24.2 Å². The molecule has 1 aromatic carbocycles. The number of nitrogens with one attached hydrogen (secondary N) is 3. The summed E-state index contributed by atoms with van der Waals surface area (Å²) in [6.45, 7) is -2.33. The monoisotopic (exact) mass is 482 g/mol. The molecule has 1 atom stereocenters. The van der Waals surface area contributed by atoms with Crippen molar-refractivity contribution in [1.82, 2.24) is 9.97 Å². The first-order valence-corrected chi connectivity index (χ1v) is 12.1. The Morgan fingerprint density at radius 1 is 1.24 bits per heavy atom. The van der Waals surface area contributed by atoms with Gasteiger partial charge in [0.05, 0.1) is 12.1 Å². The Hall–Kier alpha value is -2.73. The van der Waals surface area contributed by atoms with Crippen molar-refractivity contribution in [3.8, 4) is 5.75 Å². The number of hydrogen-bond donors (Lipinski definition) is 3. The summed E-state index contributed by atoms with van der Waals surface area (Å²) < 4.78 is 55.3. The Balaban J connectivity index is 1.66. The molecule has 2 aliphatic heterocycles. The quantitative estimate of drug-likeness (QED) is 0.389. The Labute approximate surface area is 192 Å². The predicted octanol–water partition coefficient (Wildman–Crippen LogP) is 3.69. The normalized spacial score (nSPS) is 22.9. The number of hydrogen-bond acceptors (Lipinski definition) is 8. The predicted molar refractivity (Wildman–Crippen MR) is 123 cm³/mol. The zero-order chi connectivity index (χ0) is 23.4. The van der Waals surface area contributed by atoms with Crippen LogP contribution in [0.1, 0.15) is 24.8 Å². The molecule has 8 nitrogen and oxygen atoms in total. The maximum absolute atomic E-state index is 13.9. The summed E-state index contributed by atoms with van der Waals surface area (Å²) in [4.78, 5) is 10.9. The molecule has 0 aliphatic carbocycles. The highest BCUT2D eigenvalue weighted by Gasteiger charge is 2.28. The van der Waals surface area contributed by atoms with Crippen LogP contribution in [0.3, 0.4) is 0 Å². The van der Waals surface area contributed by atoms with Crippen LogP contribution in [0.15, 0.2) is 24.3 Å². The summed E-state index contributed by atoms with van der Waals surface area (Å²) in [6.07, 6.45) is 1.90. The van der Waals surface area contributed by atoms with E-state index in [2.05, 4.69) is 25.3 Å². The molecule has 1 aromatic heterocycles. The van der Waals surface area contributed by atoms with Crippen molar-refractivity contribution in [2.45, 2.75) is 38.1 Å². The smallest absolute Gasteiger partial charge is 0.387 e. The summed E-state index contributed by atoms with van der Waals surface area (Å²) in [6, 6.07) is 6.07. The van der Waals surface area contributed by atoms with Gasteiger partial charge in [0.1, 0.15) is 35.1 Å². The summed E-state index contributed by atoms with van der Waals surface area (Å²) in [5.74, 6) is 2.19. The van der Waals surface area contributed by atoms with Crippen molar-refractivity contribution in [2.75, 3.05) is 40.1 Å². The van der Waals surface area contributed by atoms with Crippen LogP contribution in [0.25, 0.3) is 0 Å². The lowest BCUT2D eigenvalue weighted by Crippen LogP contribution is -2.33. The van der Waals surface area contributed by atoms with Crippen LogP contribution in [-0.2, 0) is 11.2 Å². The van der Waals surface area contributed by atoms with E-state index in [0.29, 0.717) is 60.3 Å². The lowest BCUT2D eigenvalue weighted by atomic mass is 10.1. The van der Waals surface area contributed by atoms with Gasteiger partial charge in [-0.25, -0.2) is 4.39 Å². The highest BCUT2D eigenvalue weighted by atomic mass is 32.2. The molecule has 33 heavy (non-hydrogen) atoms. The van der Waals surface area contributed by atoms with Gasteiger partial charge >= 0.3 is 6.61 Å². The van der Waals surface area contributed by atoms with Crippen LogP contribution >= 0.6 is 0 Å². The second-order valence-corrected chi connectivity index (χ2v) is 9.60. The van der Waals surface area contributed by atoms with Crippen molar-refractivity contribution in [3.63, 3.8) is 0 Å². The first-order chi connectivity index (χ1) is 15.9. The fourth-order valence-electron chi connectivity index (χ4n) is 3.91. The molecule has 2 aromatic rings. The van der Waals surface area contributed by atoms with Crippen LogP contribution in [0.5, 0.6) is 5.75 Å². The van der Waals surface area contributed by atoms with Crippen LogP contribution in [-0.4, -0.2) is 64.2 Å². The molecule has 0 radical (unpaired) electrons. The topological polar surface area (TPSA) is 109 Å². The van der Waals surface area contributed by atoms with Crippen molar-refractivity contribution < 1.29 is 22.5 Å². The highest BCUT2D eigenvalue weighted by Crippen LogP contribution is 2.31. The summed E-state index contributed by atoms with van der Waals surface area (Å²) in [5.41, 5.74) is 0.796. The third-order valence-electron chi connectivity index (χ3n) is 5.54. The Morgan fingerprint density at radius 3 is 2.70 bits per heavy atom. The zero-order valence-electron chi connectivity index (χ0n) is 17.8. The van der Waals surface area contributed by atoms with E-state index < -0.39 is 24.0 Å². The van der Waals surface area contributed by atoms with E-state index in [0.717, 1.165) is 6.21 Å². The van der Waals surface area contributed by atoms with Crippen molar-refractivity contribution in [2.24, 2.45) is 0 Å². The van der Waals surface area contributed by atoms with E-state index in [4.69, 9.17) is 5.41 Å². The lowest BCUT2D eigenvalue weighted by Gasteiger charge is -2.26. The maximum Gasteiger partial charge on any atom is 0.387 e. The van der Waals surface area contributed by atoms with Crippen LogP contribution in [0.2, 0.25) is 0 Å².